The zero-order valence-electron chi connectivity index (χ0n) is 30.8. The molecule has 2 heteroatoms. The lowest BCUT2D eigenvalue weighted by Gasteiger charge is -2.28. The Hall–Kier alpha value is -6.48. The Kier molecular flexibility index (Phi) is 7.14. The number of hydrogen-bond acceptors (Lipinski definition) is 2. The minimum Gasteiger partial charge on any atom is -0.310 e. The zero-order chi connectivity index (χ0) is 36.7. The molecule has 0 amide bonds. The smallest absolute Gasteiger partial charge is 0.0468 e. The molecule has 0 atom stereocenters. The van der Waals surface area contributed by atoms with Gasteiger partial charge in [-0.15, -0.1) is 11.3 Å². The van der Waals surface area contributed by atoms with Crippen molar-refractivity contribution in [3.05, 3.63) is 199 Å². The fraction of sp³-hybridized carbons (Fsp3) is 0.0566. The number of hydrogen-bond donors (Lipinski definition) is 0. The minimum atomic E-state index is -0.0930. The fourth-order valence-electron chi connectivity index (χ4n) is 9.17. The highest BCUT2D eigenvalue weighted by molar-refractivity contribution is 7.25. The quantitative estimate of drug-likeness (QED) is 0.171. The van der Waals surface area contributed by atoms with Gasteiger partial charge in [-0.1, -0.05) is 153 Å². The third kappa shape index (κ3) is 4.99. The molecule has 55 heavy (non-hydrogen) atoms. The van der Waals surface area contributed by atoms with E-state index in [1.807, 2.05) is 11.3 Å². The first kappa shape index (κ1) is 32.0. The third-order valence-corrected chi connectivity index (χ3v) is 13.0. The molecule has 1 heterocycles. The molecule has 9 aromatic carbocycles. The first-order valence-corrected chi connectivity index (χ1v) is 19.9. The number of nitrogens with zero attached hydrogens (tertiary/aromatic N) is 1. The van der Waals surface area contributed by atoms with Crippen LogP contribution in [0.1, 0.15) is 25.0 Å². The lowest BCUT2D eigenvalue weighted by molar-refractivity contribution is 0.660. The summed E-state index contributed by atoms with van der Waals surface area (Å²) in [7, 11) is 0. The van der Waals surface area contributed by atoms with E-state index in [-0.39, 0.29) is 5.41 Å². The van der Waals surface area contributed by atoms with Crippen molar-refractivity contribution in [2.24, 2.45) is 0 Å². The van der Waals surface area contributed by atoms with Crippen molar-refractivity contribution in [1.29, 1.82) is 0 Å². The Morgan fingerprint density at radius 1 is 0.364 bits per heavy atom. The Bertz CT molecular complexity index is 3120. The van der Waals surface area contributed by atoms with Crippen LogP contribution in [0.3, 0.4) is 0 Å². The summed E-state index contributed by atoms with van der Waals surface area (Å²) in [5.41, 5.74) is 13.8. The standard InChI is InChI=1S/C53H37NS/c1-53(2)49-20-9-7-17-45(49)46-28-26-38(33-50(46)53)54(37-27-31-52-48(32-37)47-18-8-10-21-51(47)55-52)36-24-22-35(23-25-36)40-29-30-44(43-16-6-5-15-41(40)43)42-19-11-13-34-12-3-4-14-39(34)42/h3-33H,1-2H3. The molecule has 0 fully saturated rings. The molecule has 0 aliphatic heterocycles. The van der Waals surface area contributed by atoms with Gasteiger partial charge in [0, 0.05) is 42.6 Å². The predicted molar refractivity (Wildman–Crippen MR) is 237 cm³/mol. The van der Waals surface area contributed by atoms with Crippen LogP contribution in [-0.2, 0) is 5.41 Å². The largest absolute Gasteiger partial charge is 0.310 e. The molecule has 0 N–H and O–H groups in total. The summed E-state index contributed by atoms with van der Waals surface area (Å²) >= 11 is 1.86. The van der Waals surface area contributed by atoms with E-state index in [0.717, 1.165) is 17.1 Å². The van der Waals surface area contributed by atoms with Crippen LogP contribution in [0.4, 0.5) is 17.1 Å². The zero-order valence-corrected chi connectivity index (χ0v) is 31.6. The van der Waals surface area contributed by atoms with Crippen molar-refractivity contribution in [2.45, 2.75) is 19.3 Å². The van der Waals surface area contributed by atoms with Gasteiger partial charge in [-0.3, -0.25) is 0 Å². The van der Waals surface area contributed by atoms with Crippen LogP contribution in [0.5, 0.6) is 0 Å². The molecular weight excluding hydrogens is 683 g/mol. The maximum atomic E-state index is 2.44. The highest BCUT2D eigenvalue weighted by Crippen LogP contribution is 2.51. The second kappa shape index (κ2) is 12.3. The molecule has 1 aromatic heterocycles. The Morgan fingerprint density at radius 2 is 0.909 bits per heavy atom. The summed E-state index contributed by atoms with van der Waals surface area (Å²) in [5, 5.41) is 7.67. The van der Waals surface area contributed by atoms with E-state index in [1.54, 1.807) is 0 Å². The molecule has 11 rings (SSSR count). The van der Waals surface area contributed by atoms with Crippen molar-refractivity contribution in [3.63, 3.8) is 0 Å². The Labute approximate surface area is 325 Å². The molecule has 0 saturated carbocycles. The van der Waals surface area contributed by atoms with Crippen LogP contribution < -0.4 is 4.90 Å². The van der Waals surface area contributed by atoms with Crippen molar-refractivity contribution < 1.29 is 0 Å². The molecule has 0 spiro atoms. The van der Waals surface area contributed by atoms with Crippen LogP contribution in [0.2, 0.25) is 0 Å². The molecule has 260 valence electrons. The van der Waals surface area contributed by atoms with Crippen LogP contribution in [0.15, 0.2) is 188 Å². The van der Waals surface area contributed by atoms with Crippen molar-refractivity contribution in [1.82, 2.24) is 0 Å². The van der Waals surface area contributed by atoms with Crippen LogP contribution in [0.25, 0.3) is 75.1 Å². The lowest BCUT2D eigenvalue weighted by atomic mass is 9.82. The average Bonchev–Trinajstić information content (AvgIpc) is 3.72. The summed E-state index contributed by atoms with van der Waals surface area (Å²) in [6, 6.07) is 69.7. The van der Waals surface area contributed by atoms with Gasteiger partial charge in [0.2, 0.25) is 0 Å². The normalized spacial score (nSPS) is 13.1. The van der Waals surface area contributed by atoms with E-state index in [4.69, 9.17) is 0 Å². The fourth-order valence-corrected chi connectivity index (χ4v) is 10.3. The van der Waals surface area contributed by atoms with Gasteiger partial charge in [-0.2, -0.15) is 0 Å². The highest BCUT2D eigenvalue weighted by Gasteiger charge is 2.35. The number of thiophene rings is 1. The van der Waals surface area contributed by atoms with Gasteiger partial charge < -0.3 is 4.90 Å². The third-order valence-electron chi connectivity index (χ3n) is 11.9. The van der Waals surface area contributed by atoms with Gasteiger partial charge in [-0.05, 0) is 115 Å². The first-order chi connectivity index (χ1) is 27.0. The van der Waals surface area contributed by atoms with Crippen LogP contribution in [-0.4, -0.2) is 0 Å². The van der Waals surface area contributed by atoms with E-state index in [9.17, 15) is 0 Å². The molecule has 1 aliphatic carbocycles. The van der Waals surface area contributed by atoms with Crippen LogP contribution >= 0.6 is 11.3 Å². The Balaban J connectivity index is 1.05. The topological polar surface area (TPSA) is 3.24 Å². The van der Waals surface area contributed by atoms with E-state index >= 15 is 0 Å². The molecule has 10 aromatic rings. The van der Waals surface area contributed by atoms with Gasteiger partial charge in [0.15, 0.2) is 0 Å². The van der Waals surface area contributed by atoms with Crippen molar-refractivity contribution in [2.75, 3.05) is 4.90 Å². The number of benzene rings is 9. The number of fused-ring (bicyclic) bond motifs is 8. The number of rotatable bonds is 5. The van der Waals surface area contributed by atoms with Gasteiger partial charge in [0.05, 0.1) is 0 Å². The summed E-state index contributed by atoms with van der Waals surface area (Å²) in [4.78, 5) is 2.44. The minimum absolute atomic E-state index is 0.0930. The van der Waals surface area contributed by atoms with E-state index < -0.39 is 0 Å². The molecule has 0 unspecified atom stereocenters. The van der Waals surface area contributed by atoms with Crippen LogP contribution in [0, 0.1) is 0 Å². The summed E-state index contributed by atoms with van der Waals surface area (Å²) in [6.07, 6.45) is 0. The summed E-state index contributed by atoms with van der Waals surface area (Å²) in [5.74, 6) is 0. The van der Waals surface area contributed by atoms with E-state index in [1.165, 1.54) is 86.2 Å². The second-order valence-electron chi connectivity index (χ2n) is 15.3. The number of anilines is 3. The Morgan fingerprint density at radius 3 is 1.76 bits per heavy atom. The molecule has 0 saturated heterocycles. The summed E-state index contributed by atoms with van der Waals surface area (Å²) in [6.45, 7) is 4.72. The van der Waals surface area contributed by atoms with Crippen molar-refractivity contribution in [3.8, 4) is 33.4 Å². The maximum Gasteiger partial charge on any atom is 0.0468 e. The second-order valence-corrected chi connectivity index (χ2v) is 16.4. The monoisotopic (exact) mass is 719 g/mol. The predicted octanol–water partition coefficient (Wildman–Crippen LogP) is 15.5. The molecular formula is C53H37NS. The van der Waals surface area contributed by atoms with E-state index in [0.29, 0.717) is 0 Å². The average molecular weight is 720 g/mol. The van der Waals surface area contributed by atoms with Gasteiger partial charge in [0.1, 0.15) is 0 Å². The molecule has 0 bridgehead atoms. The maximum absolute atomic E-state index is 2.44. The van der Waals surface area contributed by atoms with Gasteiger partial charge in [0.25, 0.3) is 0 Å². The van der Waals surface area contributed by atoms with Crippen molar-refractivity contribution >= 4 is 70.1 Å². The van der Waals surface area contributed by atoms with Gasteiger partial charge in [-0.25, -0.2) is 0 Å². The first-order valence-electron chi connectivity index (χ1n) is 19.1. The highest BCUT2D eigenvalue weighted by atomic mass is 32.1. The SMILES string of the molecule is CC1(C)c2ccccc2-c2ccc(N(c3ccc(-c4ccc(-c5cccc6ccccc56)c5ccccc45)cc3)c3ccc4sc5ccccc5c4c3)cc21. The van der Waals surface area contributed by atoms with Gasteiger partial charge >= 0.3 is 0 Å². The summed E-state index contributed by atoms with van der Waals surface area (Å²) < 4.78 is 2.63. The molecule has 1 aliphatic rings. The van der Waals surface area contributed by atoms with E-state index in [2.05, 4.69) is 207 Å². The molecule has 0 radical (unpaired) electrons. The molecule has 1 nitrogen and oxygen atoms in total. The lowest BCUT2D eigenvalue weighted by Crippen LogP contribution is -2.16.